The Labute approximate surface area is 227 Å². The topological polar surface area (TPSA) is 99.6 Å². The first-order valence-electron chi connectivity index (χ1n) is 11.8. The van der Waals surface area contributed by atoms with Crippen LogP contribution in [0.2, 0.25) is 0 Å². The van der Waals surface area contributed by atoms with E-state index in [0.29, 0.717) is 44.5 Å². The fourth-order valence-corrected chi connectivity index (χ4v) is 4.67. The molecule has 196 valence electrons. The van der Waals surface area contributed by atoms with Gasteiger partial charge in [-0.25, -0.2) is 19.2 Å². The molecule has 10 heteroatoms. The summed E-state index contributed by atoms with van der Waals surface area (Å²) in [4.78, 5) is 34.7. The second kappa shape index (κ2) is 11.3. The number of nitrogens with zero attached hydrogens (tertiary/aromatic N) is 2. The lowest BCUT2D eigenvalue weighted by Crippen LogP contribution is -2.21. The van der Waals surface area contributed by atoms with Gasteiger partial charge in [0.25, 0.3) is 5.91 Å². The van der Waals surface area contributed by atoms with Gasteiger partial charge in [0.2, 0.25) is 0 Å². The van der Waals surface area contributed by atoms with Gasteiger partial charge >= 0.3 is 5.97 Å². The molecule has 0 aliphatic heterocycles. The smallest absolute Gasteiger partial charge is 0.339 e. The highest BCUT2D eigenvalue weighted by molar-refractivity contribution is 7.14. The normalized spacial score (nSPS) is 10.7. The number of halogens is 1. The van der Waals surface area contributed by atoms with E-state index >= 15 is 0 Å². The minimum atomic E-state index is -0.670. The number of anilines is 1. The predicted octanol–water partition coefficient (Wildman–Crippen LogP) is 5.98. The second-order valence-electron chi connectivity index (χ2n) is 8.31. The molecule has 8 nitrogen and oxygen atoms in total. The molecule has 0 aliphatic rings. The first-order valence-corrected chi connectivity index (χ1v) is 12.6. The molecule has 3 aromatic carbocycles. The van der Waals surface area contributed by atoms with Gasteiger partial charge in [-0.15, -0.1) is 11.3 Å². The summed E-state index contributed by atoms with van der Waals surface area (Å²) in [6.45, 7) is -0.507. The zero-order valence-corrected chi connectivity index (χ0v) is 21.8. The van der Waals surface area contributed by atoms with Gasteiger partial charge in [-0.1, -0.05) is 18.2 Å². The lowest BCUT2D eigenvalue weighted by Gasteiger charge is -2.12. The molecule has 0 bridgehead atoms. The third kappa shape index (κ3) is 5.70. The number of ether oxygens (including phenoxy) is 3. The van der Waals surface area contributed by atoms with E-state index in [1.807, 2.05) is 12.1 Å². The van der Waals surface area contributed by atoms with Crippen LogP contribution in [0, 0.1) is 5.82 Å². The predicted molar refractivity (Wildman–Crippen MR) is 147 cm³/mol. The number of pyridine rings is 1. The van der Waals surface area contributed by atoms with Crippen LogP contribution in [0.25, 0.3) is 33.4 Å². The van der Waals surface area contributed by atoms with Crippen molar-refractivity contribution in [3.05, 3.63) is 89.6 Å². The van der Waals surface area contributed by atoms with Gasteiger partial charge in [0.15, 0.2) is 23.2 Å². The van der Waals surface area contributed by atoms with Gasteiger partial charge in [-0.2, -0.15) is 0 Å². The number of esters is 1. The Kier molecular flexibility index (Phi) is 7.46. The number of hydrogen-bond acceptors (Lipinski definition) is 8. The van der Waals surface area contributed by atoms with Gasteiger partial charge in [0.1, 0.15) is 5.82 Å². The van der Waals surface area contributed by atoms with Crippen LogP contribution in [-0.2, 0) is 9.53 Å². The van der Waals surface area contributed by atoms with E-state index in [-0.39, 0.29) is 11.4 Å². The largest absolute Gasteiger partial charge is 0.493 e. The van der Waals surface area contributed by atoms with Crippen LogP contribution in [0.4, 0.5) is 9.52 Å². The third-order valence-corrected chi connectivity index (χ3v) is 6.60. The number of thiazole rings is 1. The zero-order valence-electron chi connectivity index (χ0n) is 20.9. The number of fused-ring (bicyclic) bond motifs is 1. The van der Waals surface area contributed by atoms with Gasteiger partial charge < -0.3 is 14.2 Å². The van der Waals surface area contributed by atoms with Crippen molar-refractivity contribution in [1.29, 1.82) is 0 Å². The minimum absolute atomic E-state index is 0.269. The van der Waals surface area contributed by atoms with Crippen molar-refractivity contribution < 1.29 is 28.2 Å². The summed E-state index contributed by atoms with van der Waals surface area (Å²) in [5.41, 5.74) is 3.42. The average molecular weight is 544 g/mol. The van der Waals surface area contributed by atoms with Crippen molar-refractivity contribution in [3.63, 3.8) is 0 Å². The molecule has 0 saturated heterocycles. The molecule has 0 spiro atoms. The van der Waals surface area contributed by atoms with Crippen LogP contribution in [0.1, 0.15) is 10.4 Å². The summed E-state index contributed by atoms with van der Waals surface area (Å²) in [5, 5.41) is 5.30. The highest BCUT2D eigenvalue weighted by Crippen LogP contribution is 2.33. The SMILES string of the molecule is COc1ccc(-c2cc(C(=O)OCC(=O)Nc3nc(-c4ccc(F)cc4)cs3)c3ccccc3n2)cc1OC. The zero-order chi connectivity index (χ0) is 27.4. The molecule has 0 unspecified atom stereocenters. The van der Waals surface area contributed by atoms with Crippen LogP contribution in [-0.4, -0.2) is 42.7 Å². The summed E-state index contributed by atoms with van der Waals surface area (Å²) in [6.07, 6.45) is 0. The van der Waals surface area contributed by atoms with E-state index in [9.17, 15) is 14.0 Å². The van der Waals surface area contributed by atoms with Gasteiger partial charge in [0, 0.05) is 21.9 Å². The Morgan fingerprint density at radius 1 is 0.872 bits per heavy atom. The first-order chi connectivity index (χ1) is 18.9. The molecule has 1 amide bonds. The van der Waals surface area contributed by atoms with Crippen molar-refractivity contribution >= 4 is 39.2 Å². The van der Waals surface area contributed by atoms with Crippen LogP contribution in [0.5, 0.6) is 11.5 Å². The van der Waals surface area contributed by atoms with E-state index < -0.39 is 18.5 Å². The van der Waals surface area contributed by atoms with Crippen molar-refractivity contribution in [2.24, 2.45) is 0 Å². The van der Waals surface area contributed by atoms with Gasteiger partial charge in [0.05, 0.1) is 36.7 Å². The molecule has 5 rings (SSSR count). The third-order valence-electron chi connectivity index (χ3n) is 5.84. The number of amides is 1. The fraction of sp³-hybridized carbons (Fsp3) is 0.103. The monoisotopic (exact) mass is 543 g/mol. The Bertz CT molecular complexity index is 1670. The Morgan fingerprint density at radius 3 is 2.38 bits per heavy atom. The molecule has 2 heterocycles. The molecule has 1 N–H and O–H groups in total. The van der Waals surface area contributed by atoms with Crippen molar-refractivity contribution in [2.75, 3.05) is 26.1 Å². The summed E-state index contributed by atoms with van der Waals surface area (Å²) in [5.74, 6) is -0.464. The molecule has 0 saturated carbocycles. The maximum Gasteiger partial charge on any atom is 0.339 e. The van der Waals surface area contributed by atoms with E-state index in [0.717, 1.165) is 5.56 Å². The average Bonchev–Trinajstić information content (AvgIpc) is 3.43. The first kappa shape index (κ1) is 25.8. The van der Waals surface area contributed by atoms with Gasteiger partial charge in [-0.3, -0.25) is 10.1 Å². The van der Waals surface area contributed by atoms with Crippen LogP contribution >= 0.6 is 11.3 Å². The van der Waals surface area contributed by atoms with E-state index in [1.54, 1.807) is 68.1 Å². The number of carbonyl (C=O) groups is 2. The number of methoxy groups -OCH3 is 2. The van der Waals surface area contributed by atoms with E-state index in [1.165, 1.54) is 23.5 Å². The molecular formula is C29H22FN3O5S. The van der Waals surface area contributed by atoms with Crippen molar-refractivity contribution in [1.82, 2.24) is 9.97 Å². The molecule has 0 fully saturated rings. The lowest BCUT2D eigenvalue weighted by atomic mass is 10.0. The molecular weight excluding hydrogens is 521 g/mol. The Balaban J connectivity index is 1.32. The highest BCUT2D eigenvalue weighted by atomic mass is 32.1. The van der Waals surface area contributed by atoms with Crippen molar-refractivity contribution in [3.8, 4) is 34.0 Å². The number of hydrogen-bond donors (Lipinski definition) is 1. The second-order valence-corrected chi connectivity index (χ2v) is 9.17. The molecule has 2 aromatic heterocycles. The number of carbonyl (C=O) groups excluding carboxylic acids is 2. The fourth-order valence-electron chi connectivity index (χ4n) is 3.94. The Hall–Kier alpha value is -4.83. The van der Waals surface area contributed by atoms with Crippen LogP contribution < -0.4 is 14.8 Å². The standard InChI is InChI=1S/C29H22FN3O5S/c1-36-25-12-9-18(13-26(25)37-2)23-14-21(20-5-3-4-6-22(20)31-23)28(35)38-15-27(34)33-29-32-24(16-39-29)17-7-10-19(30)11-8-17/h3-14,16H,15H2,1-2H3,(H,32,33,34). The number of nitrogens with one attached hydrogen (secondary N) is 1. The number of rotatable bonds is 8. The number of aromatic nitrogens is 2. The molecule has 5 aromatic rings. The van der Waals surface area contributed by atoms with Crippen LogP contribution in [0.15, 0.2) is 78.2 Å². The summed E-state index contributed by atoms with van der Waals surface area (Å²) in [7, 11) is 3.09. The highest BCUT2D eigenvalue weighted by Gasteiger charge is 2.18. The molecule has 0 aliphatic carbocycles. The van der Waals surface area contributed by atoms with E-state index in [2.05, 4.69) is 10.3 Å². The van der Waals surface area contributed by atoms with Gasteiger partial charge in [-0.05, 0) is 54.6 Å². The number of para-hydroxylation sites is 1. The maximum atomic E-state index is 13.2. The quantitative estimate of drug-likeness (QED) is 0.241. The molecule has 39 heavy (non-hydrogen) atoms. The van der Waals surface area contributed by atoms with Crippen LogP contribution in [0.3, 0.4) is 0 Å². The molecule has 0 atom stereocenters. The maximum absolute atomic E-state index is 13.2. The van der Waals surface area contributed by atoms with E-state index in [4.69, 9.17) is 19.2 Å². The summed E-state index contributed by atoms with van der Waals surface area (Å²) in [6, 6.07) is 20.0. The lowest BCUT2D eigenvalue weighted by molar-refractivity contribution is -0.119. The number of benzene rings is 3. The minimum Gasteiger partial charge on any atom is -0.493 e. The Morgan fingerprint density at radius 2 is 1.62 bits per heavy atom. The summed E-state index contributed by atoms with van der Waals surface area (Å²) >= 11 is 1.21. The van der Waals surface area contributed by atoms with Crippen molar-refractivity contribution in [2.45, 2.75) is 0 Å². The summed E-state index contributed by atoms with van der Waals surface area (Å²) < 4.78 is 29.2. The molecule has 0 radical (unpaired) electrons.